The summed E-state index contributed by atoms with van der Waals surface area (Å²) in [5.74, 6) is 0.125. The topological polar surface area (TPSA) is 75.9 Å². The van der Waals surface area contributed by atoms with E-state index in [0.29, 0.717) is 13.0 Å². The largest absolute Gasteiger partial charge is 0.443 e. The van der Waals surface area contributed by atoms with Gasteiger partial charge in [0.2, 0.25) is 5.91 Å². The van der Waals surface area contributed by atoms with Gasteiger partial charge in [0.05, 0.1) is 0 Å². The van der Waals surface area contributed by atoms with Crippen molar-refractivity contribution in [3.63, 3.8) is 0 Å². The van der Waals surface area contributed by atoms with Gasteiger partial charge in [-0.25, -0.2) is 4.79 Å². The Morgan fingerprint density at radius 2 is 2.17 bits per heavy atom. The number of carbonyl (C=O) groups excluding carboxylic acids is 2. The Hall–Kier alpha value is -2.34. The van der Waals surface area contributed by atoms with Crippen LogP contribution in [-0.4, -0.2) is 46.0 Å². The highest BCUT2D eigenvalue weighted by molar-refractivity contribution is 5.82. The van der Waals surface area contributed by atoms with Crippen LogP contribution in [0.15, 0.2) is 48.4 Å². The molecule has 0 aromatic rings. The van der Waals surface area contributed by atoms with Crippen molar-refractivity contribution in [1.82, 2.24) is 9.80 Å². The Bertz CT molecular complexity index is 790. The lowest BCUT2D eigenvalue weighted by Crippen LogP contribution is -2.39. The molecule has 1 spiro atoms. The molecule has 1 aliphatic heterocycles. The summed E-state index contributed by atoms with van der Waals surface area (Å²) in [4.78, 5) is 29.1. The van der Waals surface area contributed by atoms with Crippen molar-refractivity contribution in [3.05, 3.63) is 48.4 Å². The Labute approximate surface area is 173 Å². The van der Waals surface area contributed by atoms with E-state index in [4.69, 9.17) is 10.5 Å². The van der Waals surface area contributed by atoms with Crippen LogP contribution in [0.25, 0.3) is 0 Å². The smallest absolute Gasteiger partial charge is 0.414 e. The van der Waals surface area contributed by atoms with Crippen LogP contribution in [-0.2, 0) is 9.53 Å². The second-order valence-corrected chi connectivity index (χ2v) is 9.45. The van der Waals surface area contributed by atoms with Crippen LogP contribution in [0.3, 0.4) is 0 Å². The first-order valence-electron chi connectivity index (χ1n) is 10.3. The van der Waals surface area contributed by atoms with Crippen molar-refractivity contribution in [1.29, 1.82) is 0 Å². The minimum Gasteiger partial charge on any atom is -0.443 e. The van der Waals surface area contributed by atoms with E-state index in [-0.39, 0.29) is 29.5 Å². The molecule has 6 nitrogen and oxygen atoms in total. The van der Waals surface area contributed by atoms with E-state index in [1.54, 1.807) is 11.1 Å². The van der Waals surface area contributed by atoms with Crippen LogP contribution in [0.2, 0.25) is 0 Å². The highest BCUT2D eigenvalue weighted by atomic mass is 16.6. The van der Waals surface area contributed by atoms with Crippen molar-refractivity contribution in [2.45, 2.75) is 71.1 Å². The first-order chi connectivity index (χ1) is 13.5. The number of ether oxygens (including phenoxy) is 1. The fourth-order valence-electron chi connectivity index (χ4n) is 4.48. The number of nitrogens with two attached hydrogens (primary N) is 1. The lowest BCUT2D eigenvalue weighted by atomic mass is 9.85. The standard InChI is InChI=1S/C23H33N3O3/c1-6-11-25(21(28)29-22(3,4)5)18-9-10-23(13-18)14-20(27)26(15-23)17-7-8-19(24)16(2)12-17/h6-8,11-12,18-19H,2,9-10,13-15,24H2,1,3-5H3. The SMILES string of the molecule is C=C1C=C(N2CC3(CCC(N(C=CC)C(=O)OC(C)(C)C)C3)CC2=O)C=CC1N. The molecular weight excluding hydrogens is 366 g/mol. The fraction of sp³-hybridized carbons (Fsp3) is 0.565. The Balaban J connectivity index is 1.73. The van der Waals surface area contributed by atoms with Crippen LogP contribution in [0, 0.1) is 5.41 Å². The van der Waals surface area contributed by atoms with Crippen molar-refractivity contribution >= 4 is 12.0 Å². The number of nitrogens with zero attached hydrogens (tertiary/aromatic N) is 2. The molecule has 3 aliphatic rings. The zero-order valence-corrected chi connectivity index (χ0v) is 18.0. The number of allylic oxidation sites excluding steroid dienone is 2. The van der Waals surface area contributed by atoms with Crippen molar-refractivity contribution in [3.8, 4) is 0 Å². The molecule has 3 atom stereocenters. The van der Waals surface area contributed by atoms with E-state index in [1.807, 2.05) is 56.9 Å². The highest BCUT2D eigenvalue weighted by Gasteiger charge is 2.50. The minimum absolute atomic E-state index is 0.0352. The average Bonchev–Trinajstić information content (AvgIpc) is 3.16. The second-order valence-electron chi connectivity index (χ2n) is 9.45. The number of hydrogen-bond donors (Lipinski definition) is 1. The molecule has 0 aromatic heterocycles. The number of amides is 2. The fourth-order valence-corrected chi connectivity index (χ4v) is 4.48. The molecule has 158 valence electrons. The average molecular weight is 400 g/mol. The predicted octanol–water partition coefficient (Wildman–Crippen LogP) is 3.87. The third kappa shape index (κ3) is 4.64. The molecule has 3 rings (SSSR count). The molecule has 1 saturated carbocycles. The molecule has 3 unspecified atom stereocenters. The van der Waals surface area contributed by atoms with Crippen LogP contribution in [0.4, 0.5) is 4.79 Å². The summed E-state index contributed by atoms with van der Waals surface area (Å²) in [5.41, 5.74) is 6.96. The number of hydrogen-bond acceptors (Lipinski definition) is 4. The van der Waals surface area contributed by atoms with E-state index < -0.39 is 5.60 Å². The first kappa shape index (κ1) is 21.4. The second kappa shape index (κ2) is 7.82. The summed E-state index contributed by atoms with van der Waals surface area (Å²) < 4.78 is 5.59. The molecule has 2 fully saturated rings. The summed E-state index contributed by atoms with van der Waals surface area (Å²) in [6, 6.07) is -0.155. The quantitative estimate of drug-likeness (QED) is 0.782. The Morgan fingerprint density at radius 3 is 2.79 bits per heavy atom. The molecule has 0 bridgehead atoms. The monoisotopic (exact) mass is 399 g/mol. The Kier molecular flexibility index (Phi) is 5.77. The van der Waals surface area contributed by atoms with Crippen molar-refractivity contribution < 1.29 is 14.3 Å². The van der Waals surface area contributed by atoms with Gasteiger partial charge in [-0.05, 0) is 70.1 Å². The lowest BCUT2D eigenvalue weighted by molar-refractivity contribution is -0.126. The molecule has 2 amide bonds. The summed E-state index contributed by atoms with van der Waals surface area (Å²) in [5, 5.41) is 0. The lowest BCUT2D eigenvalue weighted by Gasteiger charge is -2.30. The van der Waals surface area contributed by atoms with Gasteiger partial charge in [-0.2, -0.15) is 0 Å². The van der Waals surface area contributed by atoms with Crippen LogP contribution in [0.1, 0.15) is 53.4 Å². The molecule has 29 heavy (non-hydrogen) atoms. The van der Waals surface area contributed by atoms with Gasteiger partial charge in [-0.15, -0.1) is 0 Å². The van der Waals surface area contributed by atoms with E-state index in [1.165, 1.54) is 0 Å². The summed E-state index contributed by atoms with van der Waals surface area (Å²) in [6.07, 6.45) is 12.1. The van der Waals surface area contributed by atoms with E-state index in [9.17, 15) is 9.59 Å². The normalized spacial score (nSPS) is 29.8. The van der Waals surface area contributed by atoms with Gasteiger partial charge in [-0.3, -0.25) is 9.69 Å². The third-order valence-electron chi connectivity index (χ3n) is 5.85. The van der Waals surface area contributed by atoms with Gasteiger partial charge < -0.3 is 15.4 Å². The number of carbonyl (C=O) groups is 2. The van der Waals surface area contributed by atoms with E-state index >= 15 is 0 Å². The van der Waals surface area contributed by atoms with Gasteiger partial charge in [0.1, 0.15) is 5.60 Å². The molecule has 1 saturated heterocycles. The molecule has 2 N–H and O–H groups in total. The summed E-state index contributed by atoms with van der Waals surface area (Å²) >= 11 is 0. The van der Waals surface area contributed by atoms with Crippen LogP contribution >= 0.6 is 0 Å². The van der Waals surface area contributed by atoms with Gasteiger partial charge in [0, 0.05) is 36.9 Å². The van der Waals surface area contributed by atoms with Gasteiger partial charge >= 0.3 is 6.09 Å². The van der Waals surface area contributed by atoms with E-state index in [0.717, 1.165) is 30.5 Å². The predicted molar refractivity (Wildman–Crippen MR) is 114 cm³/mol. The first-order valence-corrected chi connectivity index (χ1v) is 10.3. The Morgan fingerprint density at radius 1 is 1.45 bits per heavy atom. The highest BCUT2D eigenvalue weighted by Crippen LogP contribution is 2.48. The van der Waals surface area contributed by atoms with Crippen LogP contribution < -0.4 is 5.73 Å². The maximum atomic E-state index is 12.8. The zero-order valence-electron chi connectivity index (χ0n) is 18.0. The van der Waals surface area contributed by atoms with Gasteiger partial charge in [-0.1, -0.05) is 18.7 Å². The van der Waals surface area contributed by atoms with E-state index in [2.05, 4.69) is 6.58 Å². The van der Waals surface area contributed by atoms with Crippen LogP contribution in [0.5, 0.6) is 0 Å². The minimum atomic E-state index is -0.545. The van der Waals surface area contributed by atoms with Gasteiger partial charge in [0.15, 0.2) is 0 Å². The molecule has 0 aromatic carbocycles. The molecule has 0 radical (unpaired) electrons. The zero-order chi connectivity index (χ0) is 21.4. The molecule has 6 heteroatoms. The maximum absolute atomic E-state index is 12.8. The summed E-state index contributed by atoms with van der Waals surface area (Å²) in [7, 11) is 0. The molecule has 2 aliphatic carbocycles. The molecular formula is C23H33N3O3. The number of rotatable bonds is 3. The van der Waals surface area contributed by atoms with Crippen molar-refractivity contribution in [2.24, 2.45) is 11.1 Å². The van der Waals surface area contributed by atoms with Crippen molar-refractivity contribution in [2.75, 3.05) is 6.54 Å². The van der Waals surface area contributed by atoms with Gasteiger partial charge in [0.25, 0.3) is 0 Å². The maximum Gasteiger partial charge on any atom is 0.414 e. The summed E-state index contributed by atoms with van der Waals surface area (Å²) in [6.45, 7) is 12.1. The molecule has 1 heterocycles. The number of likely N-dealkylation sites (tertiary alicyclic amines) is 1. The third-order valence-corrected chi connectivity index (χ3v) is 5.85.